The van der Waals surface area contributed by atoms with Crippen LogP contribution >= 0.6 is 12.2 Å². The van der Waals surface area contributed by atoms with Crippen LogP contribution in [0.15, 0.2) is 65.3 Å². The highest BCUT2D eigenvalue weighted by molar-refractivity contribution is 7.80. The number of benzene rings is 2. The molecule has 3 aromatic rings. The predicted octanol–water partition coefficient (Wildman–Crippen LogP) is 5.00. The normalized spacial score (nSPS) is 10.4. The summed E-state index contributed by atoms with van der Waals surface area (Å²) in [6, 6.07) is 17.7. The maximum Gasteiger partial charge on any atom is 0.174 e. The van der Waals surface area contributed by atoms with Crippen LogP contribution < -0.4 is 14.8 Å². The van der Waals surface area contributed by atoms with Gasteiger partial charge in [0.15, 0.2) is 5.11 Å². The first-order valence-electron chi connectivity index (χ1n) is 8.95. The van der Waals surface area contributed by atoms with Gasteiger partial charge in [-0.1, -0.05) is 24.3 Å². The largest absolute Gasteiger partial charge is 0.497 e. The molecular formula is C22H24N2O3S. The smallest absolute Gasteiger partial charge is 0.174 e. The summed E-state index contributed by atoms with van der Waals surface area (Å²) in [5.74, 6) is 2.23. The first-order valence-corrected chi connectivity index (χ1v) is 9.36. The second-order valence-electron chi connectivity index (χ2n) is 6.36. The van der Waals surface area contributed by atoms with Crippen LogP contribution in [0, 0.1) is 6.92 Å². The van der Waals surface area contributed by atoms with Crippen molar-refractivity contribution in [3.05, 3.63) is 77.7 Å². The molecule has 1 N–H and O–H groups in total. The molecule has 0 saturated carbocycles. The number of thiocarbonyl (C=S) groups is 1. The summed E-state index contributed by atoms with van der Waals surface area (Å²) in [6.45, 7) is 3.33. The second kappa shape index (κ2) is 9.28. The van der Waals surface area contributed by atoms with Crippen LogP contribution in [0.25, 0.3) is 0 Å². The molecule has 0 atom stereocenters. The fourth-order valence-corrected chi connectivity index (χ4v) is 3.12. The van der Waals surface area contributed by atoms with Gasteiger partial charge in [0.1, 0.15) is 17.3 Å². The summed E-state index contributed by atoms with van der Waals surface area (Å²) in [7, 11) is 3.25. The Labute approximate surface area is 170 Å². The molecular weight excluding hydrogens is 372 g/mol. The Kier molecular flexibility index (Phi) is 6.55. The third-order valence-corrected chi connectivity index (χ3v) is 4.85. The highest BCUT2D eigenvalue weighted by atomic mass is 32.1. The van der Waals surface area contributed by atoms with Crippen LogP contribution in [0.5, 0.6) is 11.5 Å². The molecule has 0 radical (unpaired) electrons. The lowest BCUT2D eigenvalue weighted by atomic mass is 10.1. The molecule has 0 saturated heterocycles. The van der Waals surface area contributed by atoms with E-state index in [2.05, 4.69) is 29.3 Å². The molecule has 0 fully saturated rings. The predicted molar refractivity (Wildman–Crippen MR) is 115 cm³/mol. The Morgan fingerprint density at radius 2 is 1.86 bits per heavy atom. The monoisotopic (exact) mass is 396 g/mol. The summed E-state index contributed by atoms with van der Waals surface area (Å²) in [6.07, 6.45) is 1.67. The first-order chi connectivity index (χ1) is 13.6. The molecule has 0 aliphatic carbocycles. The highest BCUT2D eigenvalue weighted by Gasteiger charge is 2.16. The first kappa shape index (κ1) is 19.8. The van der Waals surface area contributed by atoms with Crippen LogP contribution in [0.4, 0.5) is 5.69 Å². The van der Waals surface area contributed by atoms with Gasteiger partial charge in [-0.2, -0.15) is 0 Å². The van der Waals surface area contributed by atoms with Gasteiger partial charge >= 0.3 is 0 Å². The van der Waals surface area contributed by atoms with E-state index >= 15 is 0 Å². The molecule has 1 heterocycles. The molecule has 0 aliphatic rings. The molecule has 0 unspecified atom stereocenters. The number of nitrogens with zero attached hydrogens (tertiary/aromatic N) is 1. The number of rotatable bonds is 7. The van der Waals surface area contributed by atoms with E-state index in [9.17, 15) is 0 Å². The van der Waals surface area contributed by atoms with Crippen molar-refractivity contribution in [2.24, 2.45) is 0 Å². The van der Waals surface area contributed by atoms with Crippen molar-refractivity contribution in [3.63, 3.8) is 0 Å². The number of methoxy groups -OCH3 is 2. The molecule has 146 valence electrons. The van der Waals surface area contributed by atoms with Crippen molar-refractivity contribution in [1.82, 2.24) is 4.90 Å². The molecule has 0 bridgehead atoms. The van der Waals surface area contributed by atoms with Crippen LogP contribution in [0.1, 0.15) is 16.9 Å². The van der Waals surface area contributed by atoms with E-state index in [0.717, 1.165) is 17.2 Å². The van der Waals surface area contributed by atoms with Gasteiger partial charge in [-0.15, -0.1) is 0 Å². The van der Waals surface area contributed by atoms with E-state index in [4.69, 9.17) is 26.1 Å². The Balaban J connectivity index is 1.83. The molecule has 1 aromatic heterocycles. The molecule has 2 aromatic carbocycles. The Morgan fingerprint density at radius 1 is 1.04 bits per heavy atom. The molecule has 0 aliphatic heterocycles. The van der Waals surface area contributed by atoms with Crippen LogP contribution in [-0.4, -0.2) is 24.2 Å². The van der Waals surface area contributed by atoms with Crippen molar-refractivity contribution in [2.75, 3.05) is 19.5 Å². The molecule has 28 heavy (non-hydrogen) atoms. The van der Waals surface area contributed by atoms with E-state index in [-0.39, 0.29) is 0 Å². The van der Waals surface area contributed by atoms with Gasteiger partial charge in [-0.3, -0.25) is 0 Å². The lowest BCUT2D eigenvalue weighted by Crippen LogP contribution is -2.34. The minimum atomic E-state index is 0.561. The van der Waals surface area contributed by atoms with Gasteiger partial charge in [-0.25, -0.2) is 0 Å². The third kappa shape index (κ3) is 4.84. The lowest BCUT2D eigenvalue weighted by Gasteiger charge is -2.26. The van der Waals surface area contributed by atoms with Gasteiger partial charge in [0.05, 0.1) is 32.7 Å². The molecule has 0 amide bonds. The third-order valence-electron chi connectivity index (χ3n) is 4.49. The van der Waals surface area contributed by atoms with Gasteiger partial charge in [0, 0.05) is 12.6 Å². The van der Waals surface area contributed by atoms with Gasteiger partial charge in [0.25, 0.3) is 0 Å². The van der Waals surface area contributed by atoms with Crippen molar-refractivity contribution in [1.29, 1.82) is 0 Å². The number of ether oxygens (including phenoxy) is 2. The zero-order valence-corrected chi connectivity index (χ0v) is 17.1. The van der Waals surface area contributed by atoms with Crippen molar-refractivity contribution in [3.8, 4) is 11.5 Å². The van der Waals surface area contributed by atoms with E-state index in [0.29, 0.717) is 24.0 Å². The second-order valence-corrected chi connectivity index (χ2v) is 6.74. The maximum absolute atomic E-state index is 5.73. The maximum atomic E-state index is 5.73. The average Bonchev–Trinajstić information content (AvgIpc) is 3.22. The fourth-order valence-electron chi connectivity index (χ4n) is 2.88. The SMILES string of the molecule is COc1ccc(NC(=S)N(Cc2ccco2)Cc2ccccc2C)c(OC)c1. The quantitative estimate of drug-likeness (QED) is 0.567. The minimum Gasteiger partial charge on any atom is -0.497 e. The molecule has 5 nitrogen and oxygen atoms in total. The zero-order chi connectivity index (χ0) is 19.9. The lowest BCUT2D eigenvalue weighted by molar-refractivity contribution is 0.359. The van der Waals surface area contributed by atoms with Gasteiger partial charge < -0.3 is 24.1 Å². The van der Waals surface area contributed by atoms with Crippen LogP contribution in [0.3, 0.4) is 0 Å². The number of aryl methyl sites for hydroxylation is 1. The Hall–Kier alpha value is -2.99. The van der Waals surface area contributed by atoms with E-state index in [1.54, 1.807) is 20.5 Å². The standard InChI is InChI=1S/C22H24N2O3S/c1-16-7-4-5-8-17(16)14-24(15-19-9-6-12-27-19)22(28)23-20-11-10-18(25-2)13-21(20)26-3/h4-13H,14-15H2,1-3H3,(H,23,28). The number of nitrogens with one attached hydrogen (secondary N) is 1. The average molecular weight is 397 g/mol. The van der Waals surface area contributed by atoms with Crippen LogP contribution in [-0.2, 0) is 13.1 Å². The Morgan fingerprint density at radius 3 is 2.54 bits per heavy atom. The molecule has 6 heteroatoms. The zero-order valence-electron chi connectivity index (χ0n) is 16.3. The summed E-state index contributed by atoms with van der Waals surface area (Å²) in [4.78, 5) is 2.07. The number of furan rings is 1. The number of hydrogen-bond acceptors (Lipinski definition) is 4. The summed E-state index contributed by atoms with van der Waals surface area (Å²) >= 11 is 5.73. The van der Waals surface area contributed by atoms with E-state index in [1.165, 1.54) is 11.1 Å². The van der Waals surface area contributed by atoms with E-state index < -0.39 is 0 Å². The van der Waals surface area contributed by atoms with Gasteiger partial charge in [0.2, 0.25) is 0 Å². The minimum absolute atomic E-state index is 0.561. The number of anilines is 1. The number of hydrogen-bond donors (Lipinski definition) is 1. The van der Waals surface area contributed by atoms with Crippen molar-refractivity contribution < 1.29 is 13.9 Å². The highest BCUT2D eigenvalue weighted by Crippen LogP contribution is 2.29. The summed E-state index contributed by atoms with van der Waals surface area (Å²) < 4.78 is 16.3. The fraction of sp³-hybridized carbons (Fsp3) is 0.227. The van der Waals surface area contributed by atoms with Gasteiger partial charge in [-0.05, 0) is 54.5 Å². The molecule has 3 rings (SSSR count). The Bertz CT molecular complexity index is 925. The van der Waals surface area contributed by atoms with E-state index in [1.807, 2.05) is 42.5 Å². The molecule has 0 spiro atoms. The summed E-state index contributed by atoms with van der Waals surface area (Å²) in [5.41, 5.74) is 3.21. The van der Waals surface area contributed by atoms with Crippen molar-refractivity contribution >= 4 is 23.0 Å². The topological polar surface area (TPSA) is 46.9 Å². The summed E-state index contributed by atoms with van der Waals surface area (Å²) in [5, 5.41) is 3.89. The van der Waals surface area contributed by atoms with Crippen LogP contribution in [0.2, 0.25) is 0 Å². The van der Waals surface area contributed by atoms with Crippen molar-refractivity contribution in [2.45, 2.75) is 20.0 Å².